The van der Waals surface area contributed by atoms with E-state index in [-0.39, 0.29) is 31.7 Å². The first-order valence-electron chi connectivity index (χ1n) is 9.04. The molecule has 0 aliphatic heterocycles. The molecule has 29 heavy (non-hydrogen) atoms. The van der Waals surface area contributed by atoms with Crippen LogP contribution in [0, 0.1) is 14.1 Å². The van der Waals surface area contributed by atoms with Crippen LogP contribution in [0.2, 0.25) is 0 Å². The number of ether oxygens (including phenoxy) is 1. The second kappa shape index (κ2) is 10.2. The van der Waals surface area contributed by atoms with Crippen molar-refractivity contribution in [3.63, 3.8) is 0 Å². The zero-order valence-corrected chi connectivity index (χ0v) is 19.9. The van der Waals surface area contributed by atoms with E-state index in [1.54, 1.807) is 12.1 Å². The third kappa shape index (κ3) is 8.97. The molecule has 3 rings (SSSR count). The number of halogens is 1. The highest BCUT2D eigenvalue weighted by atomic mass is 127. The first-order valence-corrected chi connectivity index (χ1v) is 12.6. The first-order chi connectivity index (χ1) is 13.5. The van der Waals surface area contributed by atoms with Crippen molar-refractivity contribution >= 4 is 10.1 Å². The number of rotatable bonds is 4. The molecule has 0 aromatic heterocycles. The normalized spacial score (nSPS) is 11.3. The Morgan fingerprint density at radius 1 is 0.793 bits per heavy atom. The molecule has 0 radical (unpaired) electrons. The SMILES string of the molecule is CC(C)(C)Oc1ccc([I+]c2ccccc2)cc1.Cc1ccc(S(=O)(=O)[O-])cc1. The summed E-state index contributed by atoms with van der Waals surface area (Å²) in [6.45, 7) is 8.02. The molecule has 6 heteroatoms. The van der Waals surface area contributed by atoms with Gasteiger partial charge in [0.05, 0.1) is 4.90 Å². The molecule has 4 nitrogen and oxygen atoms in total. The van der Waals surface area contributed by atoms with Crippen LogP contribution in [0.15, 0.2) is 83.8 Å². The monoisotopic (exact) mass is 524 g/mol. The lowest BCUT2D eigenvalue weighted by atomic mass is 10.2. The zero-order valence-electron chi connectivity index (χ0n) is 16.9. The van der Waals surface area contributed by atoms with E-state index >= 15 is 0 Å². The molecule has 0 amide bonds. The quantitative estimate of drug-likeness (QED) is 0.387. The van der Waals surface area contributed by atoms with Crippen molar-refractivity contribution in [3.05, 3.63) is 91.6 Å². The summed E-state index contributed by atoms with van der Waals surface area (Å²) in [6, 6.07) is 25.0. The van der Waals surface area contributed by atoms with E-state index in [0.29, 0.717) is 0 Å². The lowest BCUT2D eigenvalue weighted by molar-refractivity contribution is -0.597. The van der Waals surface area contributed by atoms with Gasteiger partial charge in [-0.3, -0.25) is 0 Å². The number of aryl methyl sites for hydroxylation is 1. The lowest BCUT2D eigenvalue weighted by Crippen LogP contribution is -3.61. The Bertz CT molecular complexity index is 991. The Morgan fingerprint density at radius 2 is 1.31 bits per heavy atom. The Morgan fingerprint density at radius 3 is 1.79 bits per heavy atom. The average Bonchev–Trinajstić information content (AvgIpc) is 2.63. The fraction of sp³-hybridized carbons (Fsp3) is 0.217. The largest absolute Gasteiger partial charge is 0.744 e. The summed E-state index contributed by atoms with van der Waals surface area (Å²) in [5.74, 6) is 0.948. The third-order valence-corrected chi connectivity index (χ3v) is 7.03. The van der Waals surface area contributed by atoms with Crippen LogP contribution in [-0.2, 0) is 10.1 Å². The predicted molar refractivity (Wildman–Crippen MR) is 110 cm³/mol. The van der Waals surface area contributed by atoms with Crippen LogP contribution in [0.4, 0.5) is 0 Å². The van der Waals surface area contributed by atoms with Gasteiger partial charge in [0, 0.05) is 0 Å². The van der Waals surface area contributed by atoms with E-state index in [1.165, 1.54) is 19.3 Å². The van der Waals surface area contributed by atoms with Crippen molar-refractivity contribution < 1.29 is 38.9 Å². The van der Waals surface area contributed by atoms with Gasteiger partial charge in [0.2, 0.25) is 0 Å². The van der Waals surface area contributed by atoms with Crippen LogP contribution in [0.1, 0.15) is 26.3 Å². The molecule has 0 saturated carbocycles. The minimum atomic E-state index is -4.27. The van der Waals surface area contributed by atoms with Gasteiger partial charge in [-0.25, -0.2) is 8.42 Å². The maximum atomic E-state index is 10.4. The molecular weight excluding hydrogens is 499 g/mol. The van der Waals surface area contributed by atoms with Gasteiger partial charge in [-0.2, -0.15) is 0 Å². The van der Waals surface area contributed by atoms with E-state index < -0.39 is 10.1 Å². The van der Waals surface area contributed by atoms with Gasteiger partial charge in [-0.15, -0.1) is 0 Å². The van der Waals surface area contributed by atoms with E-state index in [1.807, 2.05) is 6.92 Å². The third-order valence-electron chi connectivity index (χ3n) is 3.50. The molecule has 0 spiro atoms. The van der Waals surface area contributed by atoms with Crippen molar-refractivity contribution in [2.45, 2.75) is 38.2 Å². The summed E-state index contributed by atoms with van der Waals surface area (Å²) in [5.41, 5.74) is 0.799. The molecular formula is C23H25IO4S. The average molecular weight is 524 g/mol. The van der Waals surface area contributed by atoms with Crippen molar-refractivity contribution in [2.75, 3.05) is 0 Å². The second-order valence-corrected chi connectivity index (χ2v) is 11.7. The van der Waals surface area contributed by atoms with Gasteiger partial charge in [-0.1, -0.05) is 35.9 Å². The van der Waals surface area contributed by atoms with E-state index in [0.717, 1.165) is 11.3 Å². The molecule has 0 heterocycles. The number of benzene rings is 3. The van der Waals surface area contributed by atoms with Crippen LogP contribution < -0.4 is 25.9 Å². The summed E-state index contributed by atoms with van der Waals surface area (Å²) in [5, 5.41) is 0. The first kappa shape index (κ1) is 23.4. The van der Waals surface area contributed by atoms with E-state index in [2.05, 4.69) is 75.4 Å². The second-order valence-electron chi connectivity index (χ2n) is 7.33. The van der Waals surface area contributed by atoms with Gasteiger partial charge in [-0.05, 0) is 76.2 Å². The smallest absolute Gasteiger partial charge is 0.357 e. The molecule has 0 fully saturated rings. The molecule has 154 valence electrons. The molecule has 0 aliphatic rings. The fourth-order valence-electron chi connectivity index (χ4n) is 2.23. The predicted octanol–water partition coefficient (Wildman–Crippen LogP) is 1.89. The summed E-state index contributed by atoms with van der Waals surface area (Å²) >= 11 is -0.0737. The molecule has 3 aromatic rings. The van der Waals surface area contributed by atoms with Crippen LogP contribution in [0.3, 0.4) is 0 Å². The van der Waals surface area contributed by atoms with Gasteiger partial charge >= 0.3 is 21.2 Å². The molecule has 0 bridgehead atoms. The highest BCUT2D eigenvalue weighted by molar-refractivity contribution is 7.85. The maximum Gasteiger partial charge on any atom is 0.357 e. The van der Waals surface area contributed by atoms with Crippen molar-refractivity contribution in [1.82, 2.24) is 0 Å². The Kier molecular flexibility index (Phi) is 8.24. The Balaban J connectivity index is 0.000000234. The van der Waals surface area contributed by atoms with Gasteiger partial charge in [0.15, 0.2) is 7.14 Å². The molecule has 0 saturated heterocycles. The van der Waals surface area contributed by atoms with Gasteiger partial charge < -0.3 is 9.29 Å². The summed E-state index contributed by atoms with van der Waals surface area (Å²) in [4.78, 5) is -0.178. The van der Waals surface area contributed by atoms with Crippen molar-refractivity contribution in [2.24, 2.45) is 0 Å². The van der Waals surface area contributed by atoms with Crippen molar-refractivity contribution in [3.8, 4) is 5.75 Å². The summed E-state index contributed by atoms with van der Waals surface area (Å²) in [6.07, 6.45) is 0. The van der Waals surface area contributed by atoms with Crippen LogP contribution in [-0.4, -0.2) is 18.6 Å². The molecule has 0 atom stereocenters. The standard InChI is InChI=1S/C16H18IO.C7H8O3S/c1-16(2,3)18-15-11-9-14(10-12-15)17-13-7-5-4-6-8-13;1-6-2-4-7(5-3-6)11(8,9)10/h4-12H,1-3H3;2-5H,1H3,(H,8,9,10)/q+1;/p-1. The molecule has 0 N–H and O–H groups in total. The van der Waals surface area contributed by atoms with E-state index in [9.17, 15) is 13.0 Å². The Labute approximate surface area is 184 Å². The molecule has 0 unspecified atom stereocenters. The summed E-state index contributed by atoms with van der Waals surface area (Å²) < 4.78 is 39.8. The Hall–Kier alpha value is -1.90. The lowest BCUT2D eigenvalue weighted by Gasteiger charge is -2.20. The fourth-order valence-corrected chi connectivity index (χ4v) is 4.91. The van der Waals surface area contributed by atoms with Gasteiger partial charge in [0.25, 0.3) is 0 Å². The van der Waals surface area contributed by atoms with Crippen molar-refractivity contribution in [1.29, 1.82) is 0 Å². The van der Waals surface area contributed by atoms with Crippen LogP contribution >= 0.6 is 0 Å². The van der Waals surface area contributed by atoms with Gasteiger partial charge in [0.1, 0.15) is 21.5 Å². The molecule has 3 aromatic carbocycles. The highest BCUT2D eigenvalue weighted by Gasteiger charge is 2.16. The highest BCUT2D eigenvalue weighted by Crippen LogP contribution is 2.16. The molecule has 0 aliphatic carbocycles. The number of hydrogen-bond donors (Lipinski definition) is 0. The topological polar surface area (TPSA) is 66.4 Å². The summed E-state index contributed by atoms with van der Waals surface area (Å²) in [7, 11) is -4.27. The van der Waals surface area contributed by atoms with E-state index in [4.69, 9.17) is 4.74 Å². The zero-order chi connectivity index (χ0) is 21.5. The van der Waals surface area contributed by atoms with Crippen LogP contribution in [0.25, 0.3) is 0 Å². The maximum absolute atomic E-state index is 10.4. The minimum absolute atomic E-state index is 0.0737. The minimum Gasteiger partial charge on any atom is -0.744 e. The van der Waals surface area contributed by atoms with Crippen LogP contribution in [0.5, 0.6) is 5.75 Å². The number of hydrogen-bond acceptors (Lipinski definition) is 4.